The van der Waals surface area contributed by atoms with Gasteiger partial charge in [0.2, 0.25) is 0 Å². The summed E-state index contributed by atoms with van der Waals surface area (Å²) in [5.74, 6) is 0. The van der Waals surface area contributed by atoms with E-state index in [-0.39, 0.29) is 5.69 Å². The molecule has 0 N–H and O–H groups in total. The summed E-state index contributed by atoms with van der Waals surface area (Å²) in [6.07, 6.45) is 0. The fraction of sp³-hybridized carbons (Fsp3) is 0.250. The number of benzene rings is 1. The highest BCUT2D eigenvalue weighted by Gasteiger charge is 2.10. The Kier molecular flexibility index (Phi) is 2.91. The van der Waals surface area contributed by atoms with E-state index in [9.17, 15) is 4.79 Å². The van der Waals surface area contributed by atoms with E-state index in [1.54, 1.807) is 14.0 Å². The van der Waals surface area contributed by atoms with Gasteiger partial charge in [-0.05, 0) is 31.5 Å². The maximum Gasteiger partial charge on any atom is 0.385 e. The molecule has 1 aromatic heterocycles. The number of aryl methyl sites for hydroxylation is 2. The van der Waals surface area contributed by atoms with E-state index in [2.05, 4.69) is 10.2 Å². The minimum absolute atomic E-state index is 0.244. The zero-order chi connectivity index (χ0) is 12.4. The maximum absolute atomic E-state index is 11.4. The molecule has 88 valence electrons. The van der Waals surface area contributed by atoms with Gasteiger partial charge in [0, 0.05) is 7.05 Å². The number of hydrogen-bond acceptors (Lipinski definition) is 4. The van der Waals surface area contributed by atoms with Gasteiger partial charge in [0.05, 0.1) is 11.4 Å². The highest BCUT2D eigenvalue weighted by atomic mass is 16.5. The van der Waals surface area contributed by atoms with Crippen LogP contribution in [-0.4, -0.2) is 4.74 Å². The van der Waals surface area contributed by atoms with Crippen LogP contribution in [0.3, 0.4) is 0 Å². The Hall–Kier alpha value is -2.17. The molecule has 5 nitrogen and oxygen atoms in total. The molecule has 1 heterocycles. The molecule has 17 heavy (non-hydrogen) atoms. The van der Waals surface area contributed by atoms with Crippen molar-refractivity contribution in [2.45, 2.75) is 13.8 Å². The normalized spacial score (nSPS) is 11.2. The van der Waals surface area contributed by atoms with Crippen molar-refractivity contribution in [2.75, 3.05) is 0 Å². The van der Waals surface area contributed by atoms with E-state index < -0.39 is 5.63 Å². The number of aromatic nitrogens is 1. The molecular weight excluding hydrogens is 218 g/mol. The van der Waals surface area contributed by atoms with E-state index in [1.807, 2.05) is 31.2 Å². The standard InChI is InChI=1S/C12H13N3O2/c1-8-5-4-6-10(7-8)13-14-11-9(2)15(3)17-12(11)16/h4-7H,1-3H3. The smallest absolute Gasteiger partial charge is 0.334 e. The second-order valence-corrected chi connectivity index (χ2v) is 3.85. The van der Waals surface area contributed by atoms with Gasteiger partial charge in [0.25, 0.3) is 0 Å². The molecule has 0 aliphatic rings. The fourth-order valence-corrected chi connectivity index (χ4v) is 1.44. The van der Waals surface area contributed by atoms with Crippen LogP contribution < -0.4 is 5.63 Å². The first kappa shape index (κ1) is 11.3. The average Bonchev–Trinajstić information content (AvgIpc) is 2.51. The number of rotatable bonds is 2. The molecular formula is C12H13N3O2. The molecule has 0 aliphatic heterocycles. The first-order chi connectivity index (χ1) is 8.08. The van der Waals surface area contributed by atoms with Gasteiger partial charge in [0.1, 0.15) is 0 Å². The molecule has 0 spiro atoms. The van der Waals surface area contributed by atoms with E-state index in [1.165, 1.54) is 4.74 Å². The topological polar surface area (TPSA) is 59.9 Å². The van der Waals surface area contributed by atoms with Crippen molar-refractivity contribution in [3.05, 3.63) is 45.9 Å². The van der Waals surface area contributed by atoms with E-state index >= 15 is 0 Å². The first-order valence-electron chi connectivity index (χ1n) is 5.23. The van der Waals surface area contributed by atoms with Gasteiger partial charge in [-0.2, -0.15) is 5.11 Å². The van der Waals surface area contributed by atoms with E-state index in [0.717, 1.165) is 5.56 Å². The van der Waals surface area contributed by atoms with Crippen LogP contribution in [0, 0.1) is 13.8 Å². The van der Waals surface area contributed by atoms with Crippen LogP contribution in [0.5, 0.6) is 0 Å². The number of azo groups is 1. The van der Waals surface area contributed by atoms with E-state index in [4.69, 9.17) is 4.52 Å². The van der Waals surface area contributed by atoms with Gasteiger partial charge >= 0.3 is 5.63 Å². The van der Waals surface area contributed by atoms with Crippen molar-refractivity contribution in [1.82, 2.24) is 4.74 Å². The van der Waals surface area contributed by atoms with Gasteiger partial charge in [-0.15, -0.1) is 5.11 Å². The Morgan fingerprint density at radius 3 is 2.59 bits per heavy atom. The fourth-order valence-electron chi connectivity index (χ4n) is 1.44. The lowest BCUT2D eigenvalue weighted by atomic mass is 10.2. The molecule has 0 saturated heterocycles. The third-order valence-electron chi connectivity index (χ3n) is 2.50. The number of nitrogens with zero attached hydrogens (tertiary/aromatic N) is 3. The van der Waals surface area contributed by atoms with Crippen LogP contribution in [-0.2, 0) is 7.05 Å². The van der Waals surface area contributed by atoms with Crippen molar-refractivity contribution in [1.29, 1.82) is 0 Å². The van der Waals surface area contributed by atoms with Gasteiger partial charge < -0.3 is 4.52 Å². The lowest BCUT2D eigenvalue weighted by Crippen LogP contribution is -1.91. The highest BCUT2D eigenvalue weighted by Crippen LogP contribution is 2.19. The van der Waals surface area contributed by atoms with Crippen molar-refractivity contribution in [2.24, 2.45) is 17.3 Å². The highest BCUT2D eigenvalue weighted by molar-refractivity contribution is 5.42. The predicted octanol–water partition coefficient (Wildman–Crippen LogP) is 3.01. The summed E-state index contributed by atoms with van der Waals surface area (Å²) in [4.78, 5) is 11.4. The van der Waals surface area contributed by atoms with Crippen LogP contribution in [0.15, 0.2) is 43.8 Å². The molecule has 2 aromatic rings. The van der Waals surface area contributed by atoms with Crippen LogP contribution in [0.1, 0.15) is 11.3 Å². The lowest BCUT2D eigenvalue weighted by Gasteiger charge is -1.93. The van der Waals surface area contributed by atoms with Crippen LogP contribution in [0.25, 0.3) is 0 Å². The summed E-state index contributed by atoms with van der Waals surface area (Å²) in [6, 6.07) is 7.59. The van der Waals surface area contributed by atoms with Crippen molar-refractivity contribution >= 4 is 11.4 Å². The largest absolute Gasteiger partial charge is 0.385 e. The number of hydrogen-bond donors (Lipinski definition) is 0. The molecule has 0 unspecified atom stereocenters. The predicted molar refractivity (Wildman–Crippen MR) is 64.0 cm³/mol. The third kappa shape index (κ3) is 2.33. The third-order valence-corrected chi connectivity index (χ3v) is 2.50. The zero-order valence-electron chi connectivity index (χ0n) is 9.97. The molecule has 0 saturated carbocycles. The summed E-state index contributed by atoms with van der Waals surface area (Å²) < 4.78 is 6.25. The zero-order valence-corrected chi connectivity index (χ0v) is 9.97. The monoisotopic (exact) mass is 231 g/mol. The second kappa shape index (κ2) is 4.37. The van der Waals surface area contributed by atoms with E-state index in [0.29, 0.717) is 11.4 Å². The summed E-state index contributed by atoms with van der Waals surface area (Å²) in [7, 11) is 1.66. The summed E-state index contributed by atoms with van der Waals surface area (Å²) >= 11 is 0. The van der Waals surface area contributed by atoms with Gasteiger partial charge in [-0.1, -0.05) is 12.1 Å². The molecule has 5 heteroatoms. The molecule has 2 rings (SSSR count). The Bertz CT molecular complexity index is 623. The van der Waals surface area contributed by atoms with Crippen molar-refractivity contribution in [3.8, 4) is 0 Å². The Labute approximate surface area is 98.4 Å². The summed E-state index contributed by atoms with van der Waals surface area (Å²) in [6.45, 7) is 3.73. The quantitative estimate of drug-likeness (QED) is 0.746. The molecule has 0 fully saturated rings. The van der Waals surface area contributed by atoms with Gasteiger partial charge in [-0.25, -0.2) is 9.53 Å². The molecule has 0 aliphatic carbocycles. The minimum Gasteiger partial charge on any atom is -0.334 e. The van der Waals surface area contributed by atoms with Crippen LogP contribution in [0.2, 0.25) is 0 Å². The Morgan fingerprint density at radius 2 is 2.00 bits per heavy atom. The lowest BCUT2D eigenvalue weighted by molar-refractivity contribution is 0.280. The average molecular weight is 231 g/mol. The Morgan fingerprint density at radius 1 is 1.24 bits per heavy atom. The molecule has 0 amide bonds. The Balaban J connectivity index is 2.35. The molecule has 0 atom stereocenters. The molecule has 0 bridgehead atoms. The second-order valence-electron chi connectivity index (χ2n) is 3.85. The minimum atomic E-state index is -0.471. The van der Waals surface area contributed by atoms with Gasteiger partial charge in [0.15, 0.2) is 5.69 Å². The van der Waals surface area contributed by atoms with Crippen molar-refractivity contribution < 1.29 is 4.52 Å². The van der Waals surface area contributed by atoms with Gasteiger partial charge in [-0.3, -0.25) is 0 Å². The SMILES string of the molecule is Cc1cccc(N=Nc2c(C)n(C)oc2=O)c1. The molecule has 0 radical (unpaired) electrons. The first-order valence-corrected chi connectivity index (χ1v) is 5.23. The maximum atomic E-state index is 11.4. The van der Waals surface area contributed by atoms with Crippen LogP contribution >= 0.6 is 0 Å². The van der Waals surface area contributed by atoms with Crippen molar-refractivity contribution in [3.63, 3.8) is 0 Å². The summed E-state index contributed by atoms with van der Waals surface area (Å²) in [5, 5.41) is 7.96. The molecule has 1 aromatic carbocycles. The summed E-state index contributed by atoms with van der Waals surface area (Å²) in [5.41, 5.74) is 2.24. The van der Waals surface area contributed by atoms with Crippen LogP contribution in [0.4, 0.5) is 11.4 Å².